The minimum atomic E-state index is -0.749. The van der Waals surface area contributed by atoms with Crippen molar-refractivity contribution in [1.82, 2.24) is 0 Å². The number of aliphatic hydroxyl groups excluding tert-OH is 1. The van der Waals surface area contributed by atoms with Crippen LogP contribution in [0.15, 0.2) is 0 Å². The molecule has 2 heterocycles. The van der Waals surface area contributed by atoms with E-state index in [0.29, 0.717) is 6.61 Å². The van der Waals surface area contributed by atoms with Gasteiger partial charge in [-0.25, -0.2) is 0 Å². The minimum absolute atomic E-state index is 0.191. The largest absolute Gasteiger partial charge is 0.386 e. The average molecular weight is 324 g/mol. The maximum atomic E-state index is 10.4. The Labute approximate surface area is 138 Å². The molecule has 0 aromatic carbocycles. The Kier molecular flexibility index (Phi) is 5.61. The van der Waals surface area contributed by atoms with E-state index in [0.717, 1.165) is 38.5 Å². The number of methoxy groups -OCH3 is 1. The summed E-state index contributed by atoms with van der Waals surface area (Å²) in [6.45, 7) is 2.59. The molecule has 1 aliphatic carbocycles. The van der Waals surface area contributed by atoms with Crippen molar-refractivity contribution in [1.29, 1.82) is 0 Å². The minimum Gasteiger partial charge on any atom is -0.386 e. The smallest absolute Gasteiger partial charge is 0.184 e. The molecule has 1 N–H and O–H groups in total. The van der Waals surface area contributed by atoms with Gasteiger partial charge < -0.3 is 24.1 Å². The number of aliphatic hydroxyl groups is 1. The van der Waals surface area contributed by atoms with Crippen LogP contribution in [0.1, 0.15) is 51.9 Å². The molecule has 0 aromatic rings. The van der Waals surface area contributed by atoms with Crippen LogP contribution in [0, 0.1) is 17.8 Å². The summed E-state index contributed by atoms with van der Waals surface area (Å²) in [5, 5.41) is 10.4. The summed E-state index contributed by atoms with van der Waals surface area (Å²) < 4.78 is 23.4. The van der Waals surface area contributed by atoms with Crippen LogP contribution in [0.3, 0.4) is 0 Å². The van der Waals surface area contributed by atoms with Crippen LogP contribution in [-0.4, -0.2) is 49.2 Å². The van der Waals surface area contributed by atoms with Gasteiger partial charge in [-0.2, -0.15) is 0 Å². The molecule has 0 aromatic heterocycles. The fraction of sp³-hybridized carbons (Fsp3) is 0.889. The molecule has 5 atom stereocenters. The lowest BCUT2D eigenvalue weighted by molar-refractivity contribution is -0.209. The monoisotopic (exact) mass is 324 g/mol. The molecule has 1 saturated carbocycles. The van der Waals surface area contributed by atoms with Crippen molar-refractivity contribution in [3.8, 4) is 11.8 Å². The maximum Gasteiger partial charge on any atom is 0.184 e. The zero-order valence-electron chi connectivity index (χ0n) is 14.1. The highest BCUT2D eigenvalue weighted by molar-refractivity contribution is 5.13. The van der Waals surface area contributed by atoms with E-state index in [1.807, 2.05) is 0 Å². The van der Waals surface area contributed by atoms with Gasteiger partial charge in [0.05, 0.1) is 12.5 Å². The standard InChI is InChI=1S/C18H28O5/c1-3-4-6-9-13-15(19)17(20-2)22-16(13)14-12-21-18(23-14)10-7-5-8-11-18/h13-17,19H,3-5,7-8,10-12H2,1-2H3/t13-,14-,15-,16+,17-/m1/s1. The van der Waals surface area contributed by atoms with Crippen molar-refractivity contribution >= 4 is 0 Å². The Hall–Kier alpha value is -0.640. The van der Waals surface area contributed by atoms with Crippen LogP contribution in [-0.2, 0) is 18.9 Å². The molecule has 3 fully saturated rings. The third-order valence-electron chi connectivity index (χ3n) is 5.03. The molecule has 3 rings (SSSR count). The molecule has 2 saturated heterocycles. The maximum absolute atomic E-state index is 10.4. The normalized spacial score (nSPS) is 39.3. The molecule has 23 heavy (non-hydrogen) atoms. The summed E-state index contributed by atoms with van der Waals surface area (Å²) in [5.74, 6) is 5.58. The zero-order valence-corrected chi connectivity index (χ0v) is 14.1. The fourth-order valence-electron chi connectivity index (χ4n) is 3.77. The van der Waals surface area contributed by atoms with Crippen molar-refractivity contribution in [2.24, 2.45) is 5.92 Å². The van der Waals surface area contributed by atoms with Crippen molar-refractivity contribution in [3.05, 3.63) is 0 Å². The molecule has 0 amide bonds. The van der Waals surface area contributed by atoms with Crippen LogP contribution in [0.5, 0.6) is 0 Å². The first-order chi connectivity index (χ1) is 11.2. The third-order valence-corrected chi connectivity index (χ3v) is 5.03. The van der Waals surface area contributed by atoms with Gasteiger partial charge in [0.2, 0.25) is 0 Å². The third kappa shape index (κ3) is 3.57. The molecule has 2 aliphatic heterocycles. The first kappa shape index (κ1) is 17.2. The summed E-state index contributed by atoms with van der Waals surface area (Å²) in [6, 6.07) is 0. The Balaban J connectivity index is 1.70. The van der Waals surface area contributed by atoms with Crippen molar-refractivity contribution in [2.75, 3.05) is 13.7 Å². The Morgan fingerprint density at radius 1 is 1.26 bits per heavy atom. The van der Waals surface area contributed by atoms with E-state index in [1.54, 1.807) is 7.11 Å². The van der Waals surface area contributed by atoms with Gasteiger partial charge in [-0.05, 0) is 19.3 Å². The topological polar surface area (TPSA) is 57.2 Å². The molecule has 5 heteroatoms. The summed E-state index contributed by atoms with van der Waals surface area (Å²) in [4.78, 5) is 0. The first-order valence-electron chi connectivity index (χ1n) is 8.85. The summed E-state index contributed by atoms with van der Waals surface area (Å²) in [7, 11) is 1.54. The number of ether oxygens (including phenoxy) is 4. The first-order valence-corrected chi connectivity index (χ1v) is 8.85. The fourth-order valence-corrected chi connectivity index (χ4v) is 3.77. The van der Waals surface area contributed by atoms with Crippen molar-refractivity contribution < 1.29 is 24.1 Å². The molecule has 3 aliphatic rings. The quantitative estimate of drug-likeness (QED) is 0.807. The molecule has 0 bridgehead atoms. The SMILES string of the molecule is CCCC#C[C@@H]1[C@@H](O)[C@H](OC)O[C@@H]1[C@H]1COC2(CCCCC2)O1. The summed E-state index contributed by atoms with van der Waals surface area (Å²) in [5.41, 5.74) is 0. The Morgan fingerprint density at radius 2 is 2.04 bits per heavy atom. The van der Waals surface area contributed by atoms with E-state index in [4.69, 9.17) is 18.9 Å². The number of hydrogen-bond donors (Lipinski definition) is 1. The van der Waals surface area contributed by atoms with Crippen LogP contribution in [0.4, 0.5) is 0 Å². The predicted molar refractivity (Wildman–Crippen MR) is 84.5 cm³/mol. The van der Waals surface area contributed by atoms with E-state index in [1.165, 1.54) is 6.42 Å². The number of hydrogen-bond acceptors (Lipinski definition) is 5. The van der Waals surface area contributed by atoms with Gasteiger partial charge in [0.1, 0.15) is 18.3 Å². The van der Waals surface area contributed by atoms with Crippen LogP contribution in [0.25, 0.3) is 0 Å². The second-order valence-electron chi connectivity index (χ2n) is 6.73. The molecule has 1 spiro atoms. The van der Waals surface area contributed by atoms with Crippen molar-refractivity contribution in [2.45, 2.75) is 82.3 Å². The van der Waals surface area contributed by atoms with E-state index >= 15 is 0 Å². The number of rotatable bonds is 3. The van der Waals surface area contributed by atoms with Crippen LogP contribution in [0.2, 0.25) is 0 Å². The Bertz CT molecular complexity index is 448. The molecule has 130 valence electrons. The van der Waals surface area contributed by atoms with Gasteiger partial charge in [0.15, 0.2) is 12.1 Å². The van der Waals surface area contributed by atoms with Crippen molar-refractivity contribution in [3.63, 3.8) is 0 Å². The molecular formula is C18H28O5. The zero-order chi connectivity index (χ0) is 16.3. The average Bonchev–Trinajstić information content (AvgIpc) is 3.11. The highest BCUT2D eigenvalue weighted by atomic mass is 16.8. The van der Waals surface area contributed by atoms with E-state index in [2.05, 4.69) is 18.8 Å². The lowest BCUT2D eigenvalue weighted by Crippen LogP contribution is -2.38. The molecule has 0 radical (unpaired) electrons. The van der Waals surface area contributed by atoms with Gasteiger partial charge in [-0.1, -0.05) is 19.3 Å². The number of unbranched alkanes of at least 4 members (excludes halogenated alkanes) is 1. The van der Waals surface area contributed by atoms with Gasteiger partial charge in [0.25, 0.3) is 0 Å². The highest BCUT2D eigenvalue weighted by Gasteiger charge is 2.52. The molecule has 0 unspecified atom stereocenters. The van der Waals surface area contributed by atoms with Gasteiger partial charge in [-0.15, -0.1) is 5.92 Å². The predicted octanol–water partition coefficient (Wildman–Crippen LogP) is 2.21. The van der Waals surface area contributed by atoms with Crippen LogP contribution < -0.4 is 0 Å². The van der Waals surface area contributed by atoms with Gasteiger partial charge >= 0.3 is 0 Å². The molecule has 5 nitrogen and oxygen atoms in total. The lowest BCUT2D eigenvalue weighted by atomic mass is 9.93. The van der Waals surface area contributed by atoms with E-state index in [-0.39, 0.29) is 18.1 Å². The van der Waals surface area contributed by atoms with E-state index < -0.39 is 18.2 Å². The van der Waals surface area contributed by atoms with Gasteiger partial charge in [-0.3, -0.25) is 0 Å². The molecular weight excluding hydrogens is 296 g/mol. The van der Waals surface area contributed by atoms with E-state index in [9.17, 15) is 5.11 Å². The lowest BCUT2D eigenvalue weighted by Gasteiger charge is -2.32. The second kappa shape index (κ2) is 7.50. The summed E-state index contributed by atoms with van der Waals surface area (Å²) >= 11 is 0. The summed E-state index contributed by atoms with van der Waals surface area (Å²) in [6.07, 6.45) is 5.34. The highest BCUT2D eigenvalue weighted by Crippen LogP contribution is 2.41. The Morgan fingerprint density at radius 3 is 2.74 bits per heavy atom. The van der Waals surface area contributed by atoms with Gasteiger partial charge in [0, 0.05) is 26.4 Å². The van der Waals surface area contributed by atoms with Crippen LogP contribution >= 0.6 is 0 Å². The second-order valence-corrected chi connectivity index (χ2v) is 6.73.